The molecule has 5 nitrogen and oxygen atoms in total. The van der Waals surface area contributed by atoms with Crippen molar-refractivity contribution in [2.24, 2.45) is 5.92 Å². The number of piperidine rings is 1. The number of benzene rings is 1. The summed E-state index contributed by atoms with van der Waals surface area (Å²) in [7, 11) is 0. The number of rotatable bonds is 3. The number of nitrogens with one attached hydrogen (secondary N) is 2. The fourth-order valence-electron chi connectivity index (χ4n) is 2.71. The molecule has 0 saturated carbocycles. The van der Waals surface area contributed by atoms with Crippen molar-refractivity contribution in [2.45, 2.75) is 19.3 Å². The second kappa shape index (κ2) is 5.54. The maximum absolute atomic E-state index is 12.3. The van der Waals surface area contributed by atoms with Crippen molar-refractivity contribution in [3.63, 3.8) is 0 Å². The molecule has 104 valence electrons. The summed E-state index contributed by atoms with van der Waals surface area (Å²) in [5.41, 5.74) is 1.43. The lowest BCUT2D eigenvalue weighted by Gasteiger charge is -2.21. The van der Waals surface area contributed by atoms with Crippen LogP contribution < -0.4 is 10.9 Å². The van der Waals surface area contributed by atoms with E-state index in [4.69, 9.17) is 0 Å². The molecule has 1 aliphatic rings. The summed E-state index contributed by atoms with van der Waals surface area (Å²) in [6, 6.07) is 5.42. The first kappa shape index (κ1) is 13.0. The zero-order valence-electron chi connectivity index (χ0n) is 11.2. The highest BCUT2D eigenvalue weighted by Gasteiger charge is 2.20. The van der Waals surface area contributed by atoms with Crippen LogP contribution in [0.1, 0.15) is 18.4 Å². The summed E-state index contributed by atoms with van der Waals surface area (Å²) in [6.07, 6.45) is 3.66. The van der Waals surface area contributed by atoms with Crippen LogP contribution in [-0.2, 0) is 11.2 Å². The number of hydrogen-bond donors (Lipinski definition) is 2. The van der Waals surface area contributed by atoms with E-state index in [1.54, 1.807) is 6.07 Å². The average Bonchev–Trinajstić information content (AvgIpc) is 2.48. The fraction of sp³-hybridized carbons (Fsp3) is 0.400. The van der Waals surface area contributed by atoms with Crippen molar-refractivity contribution in [1.82, 2.24) is 15.3 Å². The summed E-state index contributed by atoms with van der Waals surface area (Å²) in [5.74, 6) is 0.453. The quantitative estimate of drug-likeness (QED) is 0.874. The van der Waals surface area contributed by atoms with E-state index in [0.717, 1.165) is 31.5 Å². The number of nitrogens with zero attached hydrogens (tertiary/aromatic N) is 1. The van der Waals surface area contributed by atoms with E-state index in [0.29, 0.717) is 17.3 Å². The molecule has 20 heavy (non-hydrogen) atoms. The molecule has 1 saturated heterocycles. The third-order valence-corrected chi connectivity index (χ3v) is 3.88. The Morgan fingerprint density at radius 1 is 1.30 bits per heavy atom. The van der Waals surface area contributed by atoms with Crippen LogP contribution in [0.5, 0.6) is 0 Å². The molecule has 0 spiro atoms. The molecule has 3 rings (SSSR count). The molecule has 5 heteroatoms. The summed E-state index contributed by atoms with van der Waals surface area (Å²) in [6.45, 7) is 1.84. The Bertz CT molecular complexity index is 687. The normalized spacial score (nSPS) is 16.4. The van der Waals surface area contributed by atoms with Gasteiger partial charge in [-0.2, -0.15) is 0 Å². The van der Waals surface area contributed by atoms with E-state index < -0.39 is 0 Å². The summed E-state index contributed by atoms with van der Waals surface area (Å²) in [4.78, 5) is 30.5. The van der Waals surface area contributed by atoms with Crippen LogP contribution in [0.15, 0.2) is 29.3 Å². The van der Waals surface area contributed by atoms with Crippen molar-refractivity contribution < 1.29 is 4.79 Å². The molecule has 0 atom stereocenters. The first-order valence-corrected chi connectivity index (χ1v) is 6.94. The van der Waals surface area contributed by atoms with E-state index in [1.165, 1.54) is 6.33 Å². The van der Waals surface area contributed by atoms with Gasteiger partial charge in [0, 0.05) is 12.3 Å². The van der Waals surface area contributed by atoms with E-state index >= 15 is 0 Å². The van der Waals surface area contributed by atoms with Gasteiger partial charge in [0.15, 0.2) is 0 Å². The fourth-order valence-corrected chi connectivity index (χ4v) is 2.71. The number of fused-ring (bicyclic) bond motifs is 1. The number of H-pyrrole nitrogens is 1. The lowest BCUT2D eigenvalue weighted by atomic mass is 9.90. The highest BCUT2D eigenvalue weighted by atomic mass is 16.1. The monoisotopic (exact) mass is 271 g/mol. The largest absolute Gasteiger partial charge is 0.317 e. The third-order valence-electron chi connectivity index (χ3n) is 3.88. The molecule has 0 bridgehead atoms. The van der Waals surface area contributed by atoms with Crippen molar-refractivity contribution in [3.8, 4) is 0 Å². The Morgan fingerprint density at radius 3 is 2.90 bits per heavy atom. The minimum absolute atomic E-state index is 0.147. The van der Waals surface area contributed by atoms with Crippen LogP contribution in [0.2, 0.25) is 0 Å². The van der Waals surface area contributed by atoms with E-state index in [-0.39, 0.29) is 17.3 Å². The predicted octanol–water partition coefficient (Wildman–Crippen LogP) is 1.03. The molecule has 0 amide bonds. The van der Waals surface area contributed by atoms with Gasteiger partial charge in [-0.3, -0.25) is 9.59 Å². The maximum atomic E-state index is 12.3. The zero-order valence-corrected chi connectivity index (χ0v) is 11.2. The van der Waals surface area contributed by atoms with E-state index in [2.05, 4.69) is 15.3 Å². The van der Waals surface area contributed by atoms with Gasteiger partial charge in [-0.15, -0.1) is 0 Å². The van der Waals surface area contributed by atoms with Gasteiger partial charge in [0.1, 0.15) is 5.78 Å². The molecule has 1 aliphatic heterocycles. The molecule has 1 aromatic carbocycles. The Balaban J connectivity index is 1.80. The van der Waals surface area contributed by atoms with Crippen molar-refractivity contribution in [1.29, 1.82) is 0 Å². The molecule has 2 N–H and O–H groups in total. The second-order valence-corrected chi connectivity index (χ2v) is 5.25. The van der Waals surface area contributed by atoms with E-state index in [9.17, 15) is 9.59 Å². The highest BCUT2D eigenvalue weighted by Crippen LogP contribution is 2.17. The van der Waals surface area contributed by atoms with E-state index in [1.807, 2.05) is 12.1 Å². The van der Waals surface area contributed by atoms with Gasteiger partial charge in [-0.25, -0.2) is 4.98 Å². The lowest BCUT2D eigenvalue weighted by molar-refractivity contribution is -0.122. The van der Waals surface area contributed by atoms with Crippen LogP contribution >= 0.6 is 0 Å². The van der Waals surface area contributed by atoms with Gasteiger partial charge in [0.2, 0.25) is 0 Å². The molecule has 0 aliphatic carbocycles. The lowest BCUT2D eigenvalue weighted by Crippen LogP contribution is -2.32. The molecule has 2 aromatic rings. The van der Waals surface area contributed by atoms with Crippen LogP contribution in [0.4, 0.5) is 0 Å². The topological polar surface area (TPSA) is 74.8 Å². The number of ketones is 1. The van der Waals surface area contributed by atoms with Gasteiger partial charge in [0.05, 0.1) is 17.2 Å². The smallest absolute Gasteiger partial charge is 0.258 e. The number of Topliss-reactive ketones (excluding diaryl/α,β-unsaturated/α-hetero) is 1. The molecule has 0 unspecified atom stereocenters. The number of carbonyl (C=O) groups is 1. The van der Waals surface area contributed by atoms with Gasteiger partial charge in [0.25, 0.3) is 5.56 Å². The summed E-state index contributed by atoms with van der Waals surface area (Å²) < 4.78 is 0. The number of aromatic nitrogens is 2. The van der Waals surface area contributed by atoms with Crippen LogP contribution in [-0.4, -0.2) is 28.8 Å². The summed E-state index contributed by atoms with van der Waals surface area (Å²) in [5, 5.41) is 3.82. The predicted molar refractivity (Wildman–Crippen MR) is 76.7 cm³/mol. The second-order valence-electron chi connectivity index (χ2n) is 5.25. The van der Waals surface area contributed by atoms with Gasteiger partial charge < -0.3 is 10.3 Å². The van der Waals surface area contributed by atoms with Crippen LogP contribution in [0.3, 0.4) is 0 Å². The third kappa shape index (κ3) is 2.63. The average molecular weight is 271 g/mol. The number of carbonyl (C=O) groups excluding carboxylic acids is 1. The van der Waals surface area contributed by atoms with Crippen molar-refractivity contribution in [2.75, 3.05) is 13.1 Å². The SMILES string of the molecule is O=C(Cc1ccc2c(=O)[nH]cnc2c1)C1CCNCC1. The van der Waals surface area contributed by atoms with Crippen molar-refractivity contribution in [3.05, 3.63) is 40.4 Å². The Morgan fingerprint density at radius 2 is 2.10 bits per heavy atom. The maximum Gasteiger partial charge on any atom is 0.258 e. The molecule has 2 heterocycles. The summed E-state index contributed by atoms with van der Waals surface area (Å²) >= 11 is 0. The van der Waals surface area contributed by atoms with Gasteiger partial charge >= 0.3 is 0 Å². The van der Waals surface area contributed by atoms with Gasteiger partial charge in [-0.05, 0) is 43.6 Å². The molecule has 0 radical (unpaired) electrons. The van der Waals surface area contributed by atoms with Crippen LogP contribution in [0, 0.1) is 5.92 Å². The Labute approximate surface area is 116 Å². The minimum Gasteiger partial charge on any atom is -0.317 e. The molecule has 1 fully saturated rings. The number of hydrogen-bond acceptors (Lipinski definition) is 4. The van der Waals surface area contributed by atoms with Gasteiger partial charge in [-0.1, -0.05) is 6.07 Å². The standard InChI is InChI=1S/C15H17N3O2/c19-14(11-3-5-16-6-4-11)8-10-1-2-12-13(7-10)17-9-18-15(12)20/h1-2,7,9,11,16H,3-6,8H2,(H,17,18,20). The minimum atomic E-state index is -0.147. The van der Waals surface area contributed by atoms with Crippen LogP contribution in [0.25, 0.3) is 10.9 Å². The molecular weight excluding hydrogens is 254 g/mol. The number of aromatic amines is 1. The first-order chi connectivity index (χ1) is 9.74. The Hall–Kier alpha value is -2.01. The first-order valence-electron chi connectivity index (χ1n) is 6.94. The molecule has 1 aromatic heterocycles. The Kier molecular flexibility index (Phi) is 3.60. The van der Waals surface area contributed by atoms with Crippen molar-refractivity contribution >= 4 is 16.7 Å². The zero-order chi connectivity index (χ0) is 13.9. The molecular formula is C15H17N3O2. The highest BCUT2D eigenvalue weighted by molar-refractivity contribution is 5.85.